The van der Waals surface area contributed by atoms with E-state index in [2.05, 4.69) is 10.2 Å². The number of rotatable bonds is 4. The Balaban J connectivity index is 2.43. The summed E-state index contributed by atoms with van der Waals surface area (Å²) in [5.74, 6) is -0.00528. The second-order valence-electron chi connectivity index (χ2n) is 3.88. The van der Waals surface area contributed by atoms with Gasteiger partial charge in [-0.1, -0.05) is 6.92 Å². The Morgan fingerprint density at radius 2 is 2.18 bits per heavy atom. The van der Waals surface area contributed by atoms with E-state index in [9.17, 15) is 4.79 Å². The highest BCUT2D eigenvalue weighted by molar-refractivity contribution is 6.08. The number of carbonyl (C=O) groups is 1. The number of carbonyl (C=O) groups excluding carboxylic acids is 1. The van der Waals surface area contributed by atoms with Gasteiger partial charge in [-0.15, -0.1) is 0 Å². The highest BCUT2D eigenvalue weighted by Crippen LogP contribution is 2.13. The van der Waals surface area contributed by atoms with Crippen molar-refractivity contribution in [3.05, 3.63) is 35.4 Å². The molecule has 0 radical (unpaired) electrons. The maximum absolute atomic E-state index is 12.4. The van der Waals surface area contributed by atoms with Crippen molar-refractivity contribution in [3.8, 4) is 0 Å². The minimum atomic E-state index is -0.00528. The Kier molecular flexibility index (Phi) is 3.08. The van der Waals surface area contributed by atoms with Crippen molar-refractivity contribution in [3.63, 3.8) is 0 Å². The standard InChI is InChI=1S/C12H16N4O/c1-4-10-9(8-15(3)14-10)12(17)11-6-7-13-16(11)5-2/h6-8H,4-5H2,1-3H3. The van der Waals surface area contributed by atoms with Gasteiger partial charge in [0.1, 0.15) is 5.69 Å². The van der Waals surface area contributed by atoms with Gasteiger partial charge in [-0.3, -0.25) is 14.2 Å². The molecule has 0 aliphatic rings. The van der Waals surface area contributed by atoms with Crippen molar-refractivity contribution in [2.45, 2.75) is 26.8 Å². The van der Waals surface area contributed by atoms with Crippen LogP contribution in [0, 0.1) is 0 Å². The molecule has 0 spiro atoms. The van der Waals surface area contributed by atoms with Gasteiger partial charge in [0.2, 0.25) is 5.78 Å². The lowest BCUT2D eigenvalue weighted by Crippen LogP contribution is -2.11. The maximum Gasteiger partial charge on any atom is 0.214 e. The van der Waals surface area contributed by atoms with Crippen LogP contribution < -0.4 is 0 Å². The van der Waals surface area contributed by atoms with Gasteiger partial charge in [0, 0.05) is 26.0 Å². The number of aryl methyl sites for hydroxylation is 3. The zero-order chi connectivity index (χ0) is 12.4. The molecule has 90 valence electrons. The van der Waals surface area contributed by atoms with E-state index >= 15 is 0 Å². The molecule has 0 aliphatic heterocycles. The van der Waals surface area contributed by atoms with E-state index in [4.69, 9.17) is 0 Å². The molecule has 17 heavy (non-hydrogen) atoms. The second kappa shape index (κ2) is 4.53. The summed E-state index contributed by atoms with van der Waals surface area (Å²) < 4.78 is 3.38. The van der Waals surface area contributed by atoms with Crippen LogP contribution in [0.25, 0.3) is 0 Å². The molecule has 2 rings (SSSR count). The van der Waals surface area contributed by atoms with E-state index in [0.717, 1.165) is 12.1 Å². The lowest BCUT2D eigenvalue weighted by Gasteiger charge is -2.03. The average molecular weight is 232 g/mol. The minimum absolute atomic E-state index is 0.00528. The average Bonchev–Trinajstić information content (AvgIpc) is 2.93. The molecule has 0 amide bonds. The Morgan fingerprint density at radius 1 is 1.41 bits per heavy atom. The lowest BCUT2D eigenvalue weighted by atomic mass is 10.1. The van der Waals surface area contributed by atoms with Crippen molar-refractivity contribution in [1.29, 1.82) is 0 Å². The Bertz CT molecular complexity index is 538. The molecule has 2 heterocycles. The number of nitrogens with zero attached hydrogens (tertiary/aromatic N) is 4. The van der Waals surface area contributed by atoms with Crippen molar-refractivity contribution in [1.82, 2.24) is 19.6 Å². The summed E-state index contributed by atoms with van der Waals surface area (Å²) in [5, 5.41) is 8.39. The molecule has 0 unspecified atom stereocenters. The number of hydrogen-bond donors (Lipinski definition) is 0. The molecule has 0 bridgehead atoms. The summed E-state index contributed by atoms with van der Waals surface area (Å²) in [5.41, 5.74) is 2.13. The number of hydrogen-bond acceptors (Lipinski definition) is 3. The number of aromatic nitrogens is 4. The van der Waals surface area contributed by atoms with Gasteiger partial charge in [0.15, 0.2) is 0 Å². The molecule has 0 fully saturated rings. The third-order valence-electron chi connectivity index (χ3n) is 2.73. The fourth-order valence-corrected chi connectivity index (χ4v) is 1.90. The highest BCUT2D eigenvalue weighted by atomic mass is 16.1. The molecular formula is C12H16N4O. The molecule has 0 N–H and O–H groups in total. The summed E-state index contributed by atoms with van der Waals surface area (Å²) >= 11 is 0. The molecule has 0 atom stereocenters. The van der Waals surface area contributed by atoms with E-state index in [0.29, 0.717) is 17.8 Å². The van der Waals surface area contributed by atoms with Crippen LogP contribution in [0.5, 0.6) is 0 Å². The summed E-state index contributed by atoms with van der Waals surface area (Å²) in [6.45, 7) is 4.65. The molecule has 2 aromatic rings. The first kappa shape index (κ1) is 11.6. The summed E-state index contributed by atoms with van der Waals surface area (Å²) in [6, 6.07) is 1.75. The van der Waals surface area contributed by atoms with Crippen LogP contribution in [-0.2, 0) is 20.0 Å². The maximum atomic E-state index is 12.4. The van der Waals surface area contributed by atoms with E-state index in [1.165, 1.54) is 0 Å². The van der Waals surface area contributed by atoms with Crippen molar-refractivity contribution < 1.29 is 4.79 Å². The predicted molar refractivity (Wildman–Crippen MR) is 63.9 cm³/mol. The first-order valence-electron chi connectivity index (χ1n) is 5.76. The zero-order valence-corrected chi connectivity index (χ0v) is 10.3. The molecule has 2 aromatic heterocycles. The quantitative estimate of drug-likeness (QED) is 0.749. The SMILES string of the molecule is CCc1nn(C)cc1C(=O)c1ccnn1CC. The highest BCUT2D eigenvalue weighted by Gasteiger charge is 2.19. The molecule has 0 aliphatic carbocycles. The Hall–Kier alpha value is -1.91. The van der Waals surface area contributed by atoms with Crippen LogP contribution in [0.2, 0.25) is 0 Å². The van der Waals surface area contributed by atoms with Gasteiger partial charge < -0.3 is 0 Å². The van der Waals surface area contributed by atoms with Crippen molar-refractivity contribution >= 4 is 5.78 Å². The van der Waals surface area contributed by atoms with Crippen LogP contribution >= 0.6 is 0 Å². The monoisotopic (exact) mass is 232 g/mol. The largest absolute Gasteiger partial charge is 0.287 e. The zero-order valence-electron chi connectivity index (χ0n) is 10.3. The van der Waals surface area contributed by atoms with Crippen molar-refractivity contribution in [2.24, 2.45) is 7.05 Å². The normalized spacial score (nSPS) is 10.8. The smallest absolute Gasteiger partial charge is 0.214 e. The first-order valence-corrected chi connectivity index (χ1v) is 5.76. The molecule has 0 aromatic carbocycles. The molecule has 0 saturated heterocycles. The van der Waals surface area contributed by atoms with Crippen molar-refractivity contribution in [2.75, 3.05) is 0 Å². The van der Waals surface area contributed by atoms with Gasteiger partial charge in [0.25, 0.3) is 0 Å². The minimum Gasteiger partial charge on any atom is -0.287 e. The Morgan fingerprint density at radius 3 is 2.82 bits per heavy atom. The molecule has 5 heteroatoms. The van der Waals surface area contributed by atoms with E-state index in [1.54, 1.807) is 27.8 Å². The molecule has 5 nitrogen and oxygen atoms in total. The third-order valence-corrected chi connectivity index (χ3v) is 2.73. The summed E-state index contributed by atoms with van der Waals surface area (Å²) in [7, 11) is 1.83. The van der Waals surface area contributed by atoms with Crippen LogP contribution in [0.15, 0.2) is 18.5 Å². The van der Waals surface area contributed by atoms with Gasteiger partial charge in [-0.2, -0.15) is 10.2 Å². The topological polar surface area (TPSA) is 52.7 Å². The van der Waals surface area contributed by atoms with Gasteiger partial charge in [0.05, 0.1) is 11.3 Å². The molecule has 0 saturated carbocycles. The summed E-state index contributed by atoms with van der Waals surface area (Å²) in [6.07, 6.45) is 4.18. The predicted octanol–water partition coefficient (Wildman–Crippen LogP) is 1.43. The van der Waals surface area contributed by atoms with Gasteiger partial charge >= 0.3 is 0 Å². The van der Waals surface area contributed by atoms with Crippen LogP contribution in [0.3, 0.4) is 0 Å². The lowest BCUT2D eigenvalue weighted by molar-refractivity contribution is 0.102. The first-order chi connectivity index (χ1) is 8.17. The van der Waals surface area contributed by atoms with Gasteiger partial charge in [-0.25, -0.2) is 0 Å². The fourth-order valence-electron chi connectivity index (χ4n) is 1.90. The van der Waals surface area contributed by atoms with Crippen LogP contribution in [0.1, 0.15) is 35.6 Å². The van der Waals surface area contributed by atoms with Crippen LogP contribution in [-0.4, -0.2) is 25.3 Å². The van der Waals surface area contributed by atoms with Gasteiger partial charge in [-0.05, 0) is 19.4 Å². The van der Waals surface area contributed by atoms with Crippen LogP contribution in [0.4, 0.5) is 0 Å². The van der Waals surface area contributed by atoms with E-state index in [1.807, 2.05) is 20.9 Å². The number of ketones is 1. The van der Waals surface area contributed by atoms with E-state index in [-0.39, 0.29) is 5.78 Å². The summed E-state index contributed by atoms with van der Waals surface area (Å²) in [4.78, 5) is 12.4. The van der Waals surface area contributed by atoms with E-state index < -0.39 is 0 Å². The molecular weight excluding hydrogens is 216 g/mol. The third kappa shape index (κ3) is 2.00. The Labute approximate surface area is 100 Å². The second-order valence-corrected chi connectivity index (χ2v) is 3.88. The fraction of sp³-hybridized carbons (Fsp3) is 0.417.